The maximum atomic E-state index is 12.1. The Morgan fingerprint density at radius 2 is 1.93 bits per heavy atom. The van der Waals surface area contributed by atoms with E-state index in [2.05, 4.69) is 5.32 Å². The number of benzene rings is 2. The number of ether oxygens (including phenoxy) is 1. The van der Waals surface area contributed by atoms with Crippen LogP contribution < -0.4 is 20.8 Å². The van der Waals surface area contributed by atoms with E-state index in [0.29, 0.717) is 16.9 Å². The van der Waals surface area contributed by atoms with Gasteiger partial charge in [-0.2, -0.15) is 0 Å². The summed E-state index contributed by atoms with van der Waals surface area (Å²) < 4.78 is 33.4. The fourth-order valence-electron chi connectivity index (χ4n) is 2.61. The summed E-state index contributed by atoms with van der Waals surface area (Å²) in [6, 6.07) is 13.4. The molecule has 1 amide bonds. The predicted molar refractivity (Wildman–Crippen MR) is 102 cm³/mol. The largest absolute Gasteiger partial charge is 0.484 e. The number of hydrogen-bond acceptors (Lipinski definition) is 6. The summed E-state index contributed by atoms with van der Waals surface area (Å²) in [5.41, 5.74) is 0.476. The second-order valence-electron chi connectivity index (χ2n) is 6.15. The van der Waals surface area contributed by atoms with Crippen LogP contribution in [0.1, 0.15) is 18.5 Å². The molecule has 1 atom stereocenters. The third-order valence-electron chi connectivity index (χ3n) is 4.03. The molecule has 1 unspecified atom stereocenters. The van der Waals surface area contributed by atoms with Crippen LogP contribution in [0.5, 0.6) is 5.75 Å². The molecule has 0 saturated heterocycles. The van der Waals surface area contributed by atoms with Crippen LogP contribution in [0.2, 0.25) is 0 Å². The van der Waals surface area contributed by atoms with Gasteiger partial charge in [0.25, 0.3) is 5.91 Å². The third-order valence-corrected chi connectivity index (χ3v) is 4.94. The first kappa shape index (κ1) is 19.6. The van der Waals surface area contributed by atoms with Crippen molar-refractivity contribution in [2.75, 3.05) is 6.61 Å². The van der Waals surface area contributed by atoms with Crippen LogP contribution in [-0.2, 0) is 14.8 Å². The van der Waals surface area contributed by atoms with Crippen molar-refractivity contribution in [3.05, 3.63) is 70.6 Å². The lowest BCUT2D eigenvalue weighted by Gasteiger charge is -2.15. The van der Waals surface area contributed by atoms with Gasteiger partial charge in [-0.25, -0.2) is 18.4 Å². The Morgan fingerprint density at radius 3 is 2.68 bits per heavy atom. The van der Waals surface area contributed by atoms with Crippen LogP contribution in [0, 0.1) is 0 Å². The molecule has 3 aromatic rings. The standard InChI is InChI=1S/C19H18N2O6S/c1-12(14-3-2-4-16(9-14)28(20,24)25)21-18(22)11-26-15-7-5-13-6-8-19(23)27-17(13)10-15/h2-10,12H,11H2,1H3,(H,21,22)(H2,20,24,25). The molecule has 1 aromatic heterocycles. The Morgan fingerprint density at radius 1 is 1.18 bits per heavy atom. The molecule has 0 bridgehead atoms. The summed E-state index contributed by atoms with van der Waals surface area (Å²) in [7, 11) is -3.82. The van der Waals surface area contributed by atoms with Crippen molar-refractivity contribution in [2.45, 2.75) is 17.9 Å². The molecule has 0 spiro atoms. The van der Waals surface area contributed by atoms with E-state index in [1.807, 2.05) is 0 Å². The number of fused-ring (bicyclic) bond motifs is 1. The quantitative estimate of drug-likeness (QED) is 0.604. The van der Waals surface area contributed by atoms with Crippen molar-refractivity contribution in [1.82, 2.24) is 5.32 Å². The van der Waals surface area contributed by atoms with Crippen molar-refractivity contribution in [2.24, 2.45) is 5.14 Å². The summed E-state index contributed by atoms with van der Waals surface area (Å²) in [5, 5.41) is 8.58. The molecule has 8 nitrogen and oxygen atoms in total. The van der Waals surface area contributed by atoms with E-state index >= 15 is 0 Å². The fourth-order valence-corrected chi connectivity index (χ4v) is 3.18. The highest BCUT2D eigenvalue weighted by Crippen LogP contribution is 2.20. The van der Waals surface area contributed by atoms with E-state index in [4.69, 9.17) is 14.3 Å². The molecule has 0 aliphatic rings. The van der Waals surface area contributed by atoms with Crippen molar-refractivity contribution in [1.29, 1.82) is 0 Å². The highest BCUT2D eigenvalue weighted by atomic mass is 32.2. The summed E-state index contributed by atoms with van der Waals surface area (Å²) in [4.78, 5) is 23.4. The molecule has 0 radical (unpaired) electrons. The Hall–Kier alpha value is -3.17. The van der Waals surface area contributed by atoms with Crippen LogP contribution in [-0.4, -0.2) is 20.9 Å². The van der Waals surface area contributed by atoms with Gasteiger partial charge in [0.05, 0.1) is 10.9 Å². The molecule has 28 heavy (non-hydrogen) atoms. The summed E-state index contributed by atoms with van der Waals surface area (Å²) in [5.74, 6) is -0.0241. The van der Waals surface area contributed by atoms with Gasteiger partial charge in [0.15, 0.2) is 6.61 Å². The van der Waals surface area contributed by atoms with Gasteiger partial charge in [-0.15, -0.1) is 0 Å². The maximum Gasteiger partial charge on any atom is 0.336 e. The molecule has 1 heterocycles. The van der Waals surface area contributed by atoms with Crippen molar-refractivity contribution in [3.8, 4) is 5.75 Å². The third kappa shape index (κ3) is 4.76. The zero-order valence-corrected chi connectivity index (χ0v) is 15.7. The molecule has 0 fully saturated rings. The van der Waals surface area contributed by atoms with Gasteiger partial charge in [-0.1, -0.05) is 12.1 Å². The van der Waals surface area contributed by atoms with Crippen LogP contribution in [0.15, 0.2) is 68.7 Å². The lowest BCUT2D eigenvalue weighted by Crippen LogP contribution is -2.31. The van der Waals surface area contributed by atoms with E-state index in [1.54, 1.807) is 37.3 Å². The number of nitrogens with two attached hydrogens (primary N) is 1. The minimum atomic E-state index is -3.82. The SMILES string of the molecule is CC(NC(=O)COc1ccc2ccc(=O)oc2c1)c1cccc(S(N)(=O)=O)c1. The van der Waals surface area contributed by atoms with Gasteiger partial charge < -0.3 is 14.5 Å². The van der Waals surface area contributed by atoms with E-state index < -0.39 is 27.6 Å². The smallest absolute Gasteiger partial charge is 0.336 e. The summed E-state index contributed by atoms with van der Waals surface area (Å²) in [6.07, 6.45) is 0. The molecular weight excluding hydrogens is 384 g/mol. The first-order chi connectivity index (χ1) is 13.2. The van der Waals surface area contributed by atoms with Crippen molar-refractivity contribution < 1.29 is 22.4 Å². The van der Waals surface area contributed by atoms with Crippen molar-refractivity contribution >= 4 is 26.9 Å². The number of amides is 1. The lowest BCUT2D eigenvalue weighted by atomic mass is 10.1. The Kier molecular flexibility index (Phi) is 5.48. The first-order valence-electron chi connectivity index (χ1n) is 8.31. The minimum Gasteiger partial charge on any atom is -0.484 e. The van der Waals surface area contributed by atoms with Crippen LogP contribution in [0.3, 0.4) is 0 Å². The highest BCUT2D eigenvalue weighted by molar-refractivity contribution is 7.89. The fraction of sp³-hybridized carbons (Fsp3) is 0.158. The molecule has 0 aliphatic carbocycles. The van der Waals surface area contributed by atoms with Crippen LogP contribution in [0.4, 0.5) is 0 Å². The molecule has 0 saturated carbocycles. The Labute approximate surface area is 161 Å². The second-order valence-corrected chi connectivity index (χ2v) is 7.71. The average Bonchev–Trinajstić information content (AvgIpc) is 2.65. The zero-order valence-electron chi connectivity index (χ0n) is 14.9. The monoisotopic (exact) mass is 402 g/mol. The molecule has 3 N–H and O–H groups in total. The van der Waals surface area contributed by atoms with Gasteiger partial charge in [-0.05, 0) is 42.8 Å². The Balaban J connectivity index is 1.63. The van der Waals surface area contributed by atoms with Gasteiger partial charge in [-0.3, -0.25) is 4.79 Å². The minimum absolute atomic E-state index is 0.0278. The molecule has 146 valence electrons. The normalized spacial score (nSPS) is 12.5. The topological polar surface area (TPSA) is 129 Å². The molecular formula is C19H18N2O6S. The predicted octanol–water partition coefficient (Wildman–Crippen LogP) is 1.70. The maximum absolute atomic E-state index is 12.1. The summed E-state index contributed by atoms with van der Waals surface area (Å²) in [6.45, 7) is 1.45. The van der Waals surface area contributed by atoms with E-state index in [-0.39, 0.29) is 11.5 Å². The molecule has 2 aromatic carbocycles. The van der Waals surface area contributed by atoms with Crippen molar-refractivity contribution in [3.63, 3.8) is 0 Å². The van der Waals surface area contributed by atoms with Gasteiger partial charge in [0.1, 0.15) is 11.3 Å². The first-order valence-corrected chi connectivity index (χ1v) is 9.86. The number of hydrogen-bond donors (Lipinski definition) is 2. The van der Waals surface area contributed by atoms with E-state index in [1.165, 1.54) is 24.3 Å². The van der Waals surface area contributed by atoms with Crippen LogP contribution in [0.25, 0.3) is 11.0 Å². The van der Waals surface area contributed by atoms with Gasteiger partial charge in [0.2, 0.25) is 10.0 Å². The molecule has 3 rings (SSSR count). The van der Waals surface area contributed by atoms with Crippen LogP contribution >= 0.6 is 0 Å². The number of carbonyl (C=O) groups is 1. The van der Waals surface area contributed by atoms with E-state index in [0.717, 1.165) is 5.39 Å². The number of rotatable bonds is 6. The number of primary sulfonamides is 1. The van der Waals surface area contributed by atoms with E-state index in [9.17, 15) is 18.0 Å². The number of carbonyl (C=O) groups excluding carboxylic acids is 1. The highest BCUT2D eigenvalue weighted by Gasteiger charge is 2.14. The lowest BCUT2D eigenvalue weighted by molar-refractivity contribution is -0.123. The van der Waals surface area contributed by atoms with Gasteiger partial charge >= 0.3 is 5.63 Å². The average molecular weight is 402 g/mol. The number of nitrogens with one attached hydrogen (secondary N) is 1. The second kappa shape index (κ2) is 7.83. The summed E-state index contributed by atoms with van der Waals surface area (Å²) >= 11 is 0. The Bertz CT molecular complexity index is 1190. The molecule has 0 aliphatic heterocycles. The zero-order chi connectivity index (χ0) is 20.3. The van der Waals surface area contributed by atoms with Gasteiger partial charge in [0, 0.05) is 17.5 Å². The molecule has 9 heteroatoms. The number of sulfonamides is 1.